The first-order chi connectivity index (χ1) is 17.5. The number of amides is 1. The first kappa shape index (κ1) is 25.1. The number of carbonyl (C=O) groups excluding carboxylic acids is 1. The fourth-order valence-corrected chi connectivity index (χ4v) is 4.78. The zero-order valence-electron chi connectivity index (χ0n) is 20.5. The van der Waals surface area contributed by atoms with Crippen molar-refractivity contribution in [3.8, 4) is 22.6 Å². The Bertz CT molecular complexity index is 1440. The number of rotatable bonds is 10. The molecule has 36 heavy (non-hydrogen) atoms. The third kappa shape index (κ3) is 5.63. The van der Waals surface area contributed by atoms with Crippen LogP contribution in [-0.2, 0) is 11.3 Å². The molecule has 0 saturated carbocycles. The molecule has 0 radical (unpaired) electrons. The van der Waals surface area contributed by atoms with Gasteiger partial charge in [-0.05, 0) is 42.7 Å². The zero-order valence-corrected chi connectivity index (χ0v) is 21.3. The summed E-state index contributed by atoms with van der Waals surface area (Å²) in [6.07, 6.45) is 4.92. The van der Waals surface area contributed by atoms with Crippen LogP contribution in [-0.4, -0.2) is 35.4 Å². The van der Waals surface area contributed by atoms with Gasteiger partial charge in [0.2, 0.25) is 0 Å². The molecule has 186 valence electrons. The molecule has 2 heterocycles. The minimum Gasteiger partial charge on any atom is -0.493 e. The number of benzene rings is 2. The van der Waals surface area contributed by atoms with Crippen LogP contribution in [0.3, 0.4) is 0 Å². The minimum absolute atomic E-state index is 0.199. The van der Waals surface area contributed by atoms with Crippen LogP contribution in [0.15, 0.2) is 64.8 Å². The summed E-state index contributed by atoms with van der Waals surface area (Å²) in [6, 6.07) is 15.1. The molecule has 2 aromatic carbocycles. The fourth-order valence-electron chi connectivity index (χ4n) is 3.78. The highest BCUT2D eigenvalue weighted by Gasteiger charge is 2.17. The highest BCUT2D eigenvalue weighted by molar-refractivity contribution is 7.19. The number of nitrogens with one attached hydrogen (secondary N) is 1. The lowest BCUT2D eigenvalue weighted by Crippen LogP contribution is -2.30. The SMILES string of the molecule is CCCCOc1ccc(/C=N/NC(=O)Cn2cnc3sc(C)c(-c4ccccc4)c3c2=O)cc1OC. The topological polar surface area (TPSA) is 94.8 Å². The fraction of sp³-hybridized carbons (Fsp3) is 0.259. The van der Waals surface area contributed by atoms with Crippen molar-refractivity contribution in [3.63, 3.8) is 0 Å². The molecule has 0 aliphatic carbocycles. The van der Waals surface area contributed by atoms with Crippen LogP contribution >= 0.6 is 11.3 Å². The van der Waals surface area contributed by atoms with Gasteiger partial charge in [-0.15, -0.1) is 11.3 Å². The molecule has 0 fully saturated rings. The highest BCUT2D eigenvalue weighted by atomic mass is 32.1. The lowest BCUT2D eigenvalue weighted by atomic mass is 10.0. The Hall–Kier alpha value is -3.98. The summed E-state index contributed by atoms with van der Waals surface area (Å²) in [6.45, 7) is 4.49. The minimum atomic E-state index is -0.436. The molecule has 0 aliphatic heterocycles. The lowest BCUT2D eigenvalue weighted by Gasteiger charge is -2.10. The Morgan fingerprint density at radius 3 is 2.75 bits per heavy atom. The quantitative estimate of drug-likeness (QED) is 0.191. The molecule has 9 heteroatoms. The average molecular weight is 505 g/mol. The van der Waals surface area contributed by atoms with Crippen molar-refractivity contribution in [2.75, 3.05) is 13.7 Å². The van der Waals surface area contributed by atoms with Gasteiger partial charge < -0.3 is 9.47 Å². The second-order valence-corrected chi connectivity index (χ2v) is 9.37. The van der Waals surface area contributed by atoms with Crippen molar-refractivity contribution in [2.24, 2.45) is 5.10 Å². The summed E-state index contributed by atoms with van der Waals surface area (Å²) in [4.78, 5) is 31.8. The Morgan fingerprint density at radius 1 is 1.19 bits per heavy atom. The monoisotopic (exact) mass is 504 g/mol. The van der Waals surface area contributed by atoms with E-state index in [2.05, 4.69) is 22.4 Å². The van der Waals surface area contributed by atoms with Gasteiger partial charge in [-0.25, -0.2) is 10.4 Å². The Balaban J connectivity index is 1.47. The predicted molar refractivity (Wildman–Crippen MR) is 143 cm³/mol. The number of unbranched alkanes of at least 4 members (excludes halogenated alkanes) is 1. The third-order valence-electron chi connectivity index (χ3n) is 5.58. The highest BCUT2D eigenvalue weighted by Crippen LogP contribution is 2.35. The van der Waals surface area contributed by atoms with E-state index >= 15 is 0 Å². The molecular formula is C27H28N4O4S. The van der Waals surface area contributed by atoms with Gasteiger partial charge in [0.1, 0.15) is 11.4 Å². The molecule has 0 spiro atoms. The van der Waals surface area contributed by atoms with E-state index in [0.29, 0.717) is 28.3 Å². The number of fused-ring (bicyclic) bond motifs is 1. The Kier molecular flexibility index (Phi) is 8.12. The van der Waals surface area contributed by atoms with Crippen LogP contribution in [0.4, 0.5) is 0 Å². The number of hydrazone groups is 1. The van der Waals surface area contributed by atoms with Crippen LogP contribution in [0.2, 0.25) is 0 Å². The van der Waals surface area contributed by atoms with E-state index in [9.17, 15) is 9.59 Å². The van der Waals surface area contributed by atoms with Gasteiger partial charge in [-0.2, -0.15) is 5.10 Å². The molecule has 1 amide bonds. The third-order valence-corrected chi connectivity index (χ3v) is 6.59. The lowest BCUT2D eigenvalue weighted by molar-refractivity contribution is -0.121. The van der Waals surface area contributed by atoms with Crippen LogP contribution in [0.25, 0.3) is 21.3 Å². The molecule has 0 aliphatic rings. The summed E-state index contributed by atoms with van der Waals surface area (Å²) in [5.41, 5.74) is 4.75. The van der Waals surface area contributed by atoms with Crippen LogP contribution < -0.4 is 20.5 Å². The van der Waals surface area contributed by atoms with Crippen molar-refractivity contribution in [1.29, 1.82) is 0 Å². The van der Waals surface area contributed by atoms with E-state index in [1.807, 2.05) is 49.4 Å². The summed E-state index contributed by atoms with van der Waals surface area (Å²) < 4.78 is 12.4. The second kappa shape index (κ2) is 11.6. The zero-order chi connectivity index (χ0) is 25.5. The van der Waals surface area contributed by atoms with Gasteiger partial charge in [0.25, 0.3) is 11.5 Å². The first-order valence-electron chi connectivity index (χ1n) is 11.7. The molecule has 2 aromatic heterocycles. The molecule has 8 nitrogen and oxygen atoms in total. The van der Waals surface area contributed by atoms with Gasteiger partial charge in [0.05, 0.1) is 31.6 Å². The van der Waals surface area contributed by atoms with Gasteiger partial charge in [0.15, 0.2) is 11.5 Å². The van der Waals surface area contributed by atoms with Gasteiger partial charge in [0, 0.05) is 10.4 Å². The number of nitrogens with zero attached hydrogens (tertiary/aromatic N) is 3. The number of aryl methyl sites for hydroxylation is 1. The number of methoxy groups -OCH3 is 1. The van der Waals surface area contributed by atoms with E-state index in [-0.39, 0.29) is 12.1 Å². The molecule has 1 N–H and O–H groups in total. The molecule has 0 bridgehead atoms. The standard InChI is InChI=1S/C27H28N4O4S/c1-4-5-13-35-21-12-11-19(14-22(21)34-3)15-29-30-23(32)16-31-17-28-26-25(27(31)33)24(18(2)36-26)20-9-7-6-8-10-20/h6-12,14-15,17H,4-5,13,16H2,1-3H3,(H,30,32)/b29-15+. The number of carbonyl (C=O) groups is 1. The van der Waals surface area contributed by atoms with Crippen molar-refractivity contribution < 1.29 is 14.3 Å². The molecule has 0 unspecified atom stereocenters. The summed E-state index contributed by atoms with van der Waals surface area (Å²) in [5.74, 6) is 0.815. The van der Waals surface area contributed by atoms with Gasteiger partial charge in [-0.1, -0.05) is 43.7 Å². The second-order valence-electron chi connectivity index (χ2n) is 8.16. The summed E-state index contributed by atoms with van der Waals surface area (Å²) in [7, 11) is 1.57. The smallest absolute Gasteiger partial charge is 0.263 e. The maximum absolute atomic E-state index is 13.2. The van der Waals surface area contributed by atoms with E-state index < -0.39 is 5.91 Å². The summed E-state index contributed by atoms with van der Waals surface area (Å²) >= 11 is 1.47. The molecule has 0 saturated heterocycles. The number of hydrogen-bond acceptors (Lipinski definition) is 7. The van der Waals surface area contributed by atoms with Crippen LogP contribution in [0.5, 0.6) is 11.5 Å². The number of hydrogen-bond donors (Lipinski definition) is 1. The van der Waals surface area contributed by atoms with Gasteiger partial charge >= 0.3 is 0 Å². The van der Waals surface area contributed by atoms with E-state index in [1.165, 1.54) is 28.4 Å². The number of thiophene rings is 1. The summed E-state index contributed by atoms with van der Waals surface area (Å²) in [5, 5.41) is 4.55. The van der Waals surface area contributed by atoms with E-state index in [0.717, 1.165) is 34.4 Å². The Labute approximate surface area is 213 Å². The number of ether oxygens (including phenoxy) is 2. The van der Waals surface area contributed by atoms with Gasteiger partial charge in [-0.3, -0.25) is 14.2 Å². The number of aromatic nitrogens is 2. The van der Waals surface area contributed by atoms with E-state index in [4.69, 9.17) is 9.47 Å². The van der Waals surface area contributed by atoms with E-state index in [1.54, 1.807) is 13.2 Å². The Morgan fingerprint density at radius 2 is 2.00 bits per heavy atom. The van der Waals surface area contributed by atoms with Crippen molar-refractivity contribution in [1.82, 2.24) is 15.0 Å². The normalized spacial score (nSPS) is 11.2. The van der Waals surface area contributed by atoms with Crippen LogP contribution in [0.1, 0.15) is 30.2 Å². The van der Waals surface area contributed by atoms with Crippen molar-refractivity contribution in [3.05, 3.63) is 75.7 Å². The van der Waals surface area contributed by atoms with Crippen molar-refractivity contribution in [2.45, 2.75) is 33.2 Å². The molecule has 0 atom stereocenters. The average Bonchev–Trinajstić information content (AvgIpc) is 3.23. The maximum Gasteiger partial charge on any atom is 0.263 e. The first-order valence-corrected chi connectivity index (χ1v) is 12.5. The largest absolute Gasteiger partial charge is 0.493 e. The van der Waals surface area contributed by atoms with Crippen LogP contribution in [0, 0.1) is 6.92 Å². The predicted octanol–water partition coefficient (Wildman–Crippen LogP) is 4.77. The molecule has 4 aromatic rings. The molecule has 4 rings (SSSR count). The van der Waals surface area contributed by atoms with Crippen molar-refractivity contribution >= 4 is 33.7 Å². The maximum atomic E-state index is 13.2. The molecular weight excluding hydrogens is 476 g/mol.